The highest BCUT2D eigenvalue weighted by Crippen LogP contribution is 2.33. The van der Waals surface area contributed by atoms with Crippen LogP contribution in [-0.4, -0.2) is 5.11 Å². The molecule has 1 aromatic heterocycles. The molecule has 0 saturated heterocycles. The summed E-state index contributed by atoms with van der Waals surface area (Å²) in [6, 6.07) is 7.08. The van der Waals surface area contributed by atoms with Crippen LogP contribution in [0.1, 0.15) is 11.1 Å². The van der Waals surface area contributed by atoms with Gasteiger partial charge >= 0.3 is 0 Å². The summed E-state index contributed by atoms with van der Waals surface area (Å²) in [7, 11) is 0. The van der Waals surface area contributed by atoms with Gasteiger partial charge in [0.25, 0.3) is 0 Å². The van der Waals surface area contributed by atoms with E-state index in [9.17, 15) is 5.11 Å². The molecule has 1 heterocycles. The summed E-state index contributed by atoms with van der Waals surface area (Å²) in [5.74, 6) is -0.0742. The standard InChI is InChI=1S/C10H4N2OS/c11-3-6-5-14-9-2-1-8(13)7(4-12)10(6)9/h1-2,5,13H. The van der Waals surface area contributed by atoms with Crippen molar-refractivity contribution in [2.75, 3.05) is 0 Å². The van der Waals surface area contributed by atoms with Crippen molar-refractivity contribution in [1.29, 1.82) is 10.5 Å². The van der Waals surface area contributed by atoms with Gasteiger partial charge < -0.3 is 5.11 Å². The summed E-state index contributed by atoms with van der Waals surface area (Å²) in [6.45, 7) is 0. The highest BCUT2D eigenvalue weighted by molar-refractivity contribution is 7.17. The minimum absolute atomic E-state index is 0.0742. The number of thiophene rings is 1. The van der Waals surface area contributed by atoms with Crippen molar-refractivity contribution < 1.29 is 5.11 Å². The number of phenols is 1. The van der Waals surface area contributed by atoms with Crippen LogP contribution in [-0.2, 0) is 0 Å². The fraction of sp³-hybridized carbons (Fsp3) is 0. The second-order valence-corrected chi connectivity index (χ2v) is 3.62. The van der Waals surface area contributed by atoms with E-state index in [0.717, 1.165) is 4.70 Å². The van der Waals surface area contributed by atoms with Gasteiger partial charge in [0.15, 0.2) is 0 Å². The minimum atomic E-state index is -0.0742. The Bertz CT molecular complexity index is 586. The Kier molecular flexibility index (Phi) is 1.85. The van der Waals surface area contributed by atoms with Crippen LogP contribution in [0, 0.1) is 22.7 Å². The van der Waals surface area contributed by atoms with Crippen LogP contribution in [0.25, 0.3) is 10.1 Å². The lowest BCUT2D eigenvalue weighted by Gasteiger charge is -1.97. The number of fused-ring (bicyclic) bond motifs is 1. The number of phenolic OH excluding ortho intramolecular Hbond substituents is 1. The van der Waals surface area contributed by atoms with E-state index in [1.54, 1.807) is 11.4 Å². The largest absolute Gasteiger partial charge is 0.507 e. The lowest BCUT2D eigenvalue weighted by molar-refractivity contribution is 0.474. The van der Waals surface area contributed by atoms with Crippen molar-refractivity contribution in [2.24, 2.45) is 0 Å². The molecule has 3 nitrogen and oxygen atoms in total. The van der Waals surface area contributed by atoms with Gasteiger partial charge in [-0.05, 0) is 12.1 Å². The predicted octanol–water partition coefficient (Wildman–Crippen LogP) is 2.35. The first-order chi connectivity index (χ1) is 6.77. The maximum atomic E-state index is 9.42. The van der Waals surface area contributed by atoms with Gasteiger partial charge in [-0.25, -0.2) is 0 Å². The van der Waals surface area contributed by atoms with Gasteiger partial charge in [-0.2, -0.15) is 10.5 Å². The molecule has 0 amide bonds. The van der Waals surface area contributed by atoms with Crippen LogP contribution in [0.5, 0.6) is 5.75 Å². The summed E-state index contributed by atoms with van der Waals surface area (Å²) >= 11 is 1.39. The van der Waals surface area contributed by atoms with E-state index < -0.39 is 0 Å². The van der Waals surface area contributed by atoms with Gasteiger partial charge in [0.1, 0.15) is 23.5 Å². The fourth-order valence-electron chi connectivity index (χ4n) is 1.31. The Balaban J connectivity index is 3.00. The predicted molar refractivity (Wildman–Crippen MR) is 52.9 cm³/mol. The van der Waals surface area contributed by atoms with E-state index in [4.69, 9.17) is 10.5 Å². The molecule has 0 radical (unpaired) electrons. The van der Waals surface area contributed by atoms with Gasteiger partial charge in [0, 0.05) is 15.5 Å². The SMILES string of the molecule is N#Cc1csc2ccc(O)c(C#N)c12. The molecule has 4 heteroatoms. The monoisotopic (exact) mass is 200 g/mol. The van der Waals surface area contributed by atoms with Crippen molar-refractivity contribution in [1.82, 2.24) is 0 Å². The Hall–Kier alpha value is -2.04. The van der Waals surface area contributed by atoms with Gasteiger partial charge in [-0.15, -0.1) is 11.3 Å². The number of hydrogen-bond acceptors (Lipinski definition) is 4. The van der Waals surface area contributed by atoms with Crippen LogP contribution in [0.15, 0.2) is 17.5 Å². The molecule has 0 spiro atoms. The summed E-state index contributed by atoms with van der Waals surface area (Å²) in [5, 5.41) is 29.3. The van der Waals surface area contributed by atoms with Gasteiger partial charge in [0.05, 0.1) is 5.56 Å². The second-order valence-electron chi connectivity index (χ2n) is 2.71. The molecular formula is C10H4N2OS. The molecule has 0 atom stereocenters. The topological polar surface area (TPSA) is 67.8 Å². The smallest absolute Gasteiger partial charge is 0.134 e. The molecule has 0 fully saturated rings. The second kappa shape index (κ2) is 3.02. The highest BCUT2D eigenvalue weighted by atomic mass is 32.1. The molecule has 2 aromatic rings. The van der Waals surface area contributed by atoms with E-state index >= 15 is 0 Å². The lowest BCUT2D eigenvalue weighted by Crippen LogP contribution is -1.79. The van der Waals surface area contributed by atoms with Crippen LogP contribution in [0.3, 0.4) is 0 Å². The molecule has 0 bridgehead atoms. The van der Waals surface area contributed by atoms with Crippen LogP contribution in [0.4, 0.5) is 0 Å². The van der Waals surface area contributed by atoms with E-state index in [0.29, 0.717) is 10.9 Å². The quantitative estimate of drug-likeness (QED) is 0.709. The Morgan fingerprint density at radius 2 is 2.00 bits per heavy atom. The molecular weight excluding hydrogens is 196 g/mol. The summed E-state index contributed by atoms with van der Waals surface area (Å²) in [6.07, 6.45) is 0. The van der Waals surface area contributed by atoms with Gasteiger partial charge in [-0.3, -0.25) is 0 Å². The van der Waals surface area contributed by atoms with Crippen molar-refractivity contribution in [3.63, 3.8) is 0 Å². The molecule has 1 aromatic carbocycles. The zero-order valence-corrected chi connectivity index (χ0v) is 7.80. The van der Waals surface area contributed by atoms with Crippen molar-refractivity contribution in [2.45, 2.75) is 0 Å². The highest BCUT2D eigenvalue weighted by Gasteiger charge is 2.11. The maximum Gasteiger partial charge on any atom is 0.134 e. The molecule has 0 saturated carbocycles. The van der Waals surface area contributed by atoms with Crippen LogP contribution < -0.4 is 0 Å². The number of aromatic hydroxyl groups is 1. The first kappa shape index (κ1) is 8.55. The van der Waals surface area contributed by atoms with E-state index in [2.05, 4.69) is 0 Å². The lowest BCUT2D eigenvalue weighted by atomic mass is 10.1. The zero-order valence-electron chi connectivity index (χ0n) is 6.98. The van der Waals surface area contributed by atoms with Crippen LogP contribution >= 0.6 is 11.3 Å². The number of rotatable bonds is 0. The molecule has 0 aliphatic heterocycles. The van der Waals surface area contributed by atoms with Gasteiger partial charge in [-0.1, -0.05) is 0 Å². The van der Waals surface area contributed by atoms with Crippen molar-refractivity contribution in [3.05, 3.63) is 28.6 Å². The molecule has 0 aliphatic carbocycles. The number of nitriles is 2. The first-order valence-corrected chi connectivity index (χ1v) is 4.69. The van der Waals surface area contributed by atoms with E-state index in [1.807, 2.05) is 12.1 Å². The molecule has 1 N–H and O–H groups in total. The van der Waals surface area contributed by atoms with E-state index in [1.165, 1.54) is 17.4 Å². The van der Waals surface area contributed by atoms with Crippen molar-refractivity contribution >= 4 is 21.4 Å². The Labute approximate surface area is 84.1 Å². The van der Waals surface area contributed by atoms with Crippen LogP contribution in [0.2, 0.25) is 0 Å². The Morgan fingerprint density at radius 1 is 1.21 bits per heavy atom. The van der Waals surface area contributed by atoms with Crippen molar-refractivity contribution in [3.8, 4) is 17.9 Å². The van der Waals surface area contributed by atoms with Gasteiger partial charge in [0.2, 0.25) is 0 Å². The molecule has 66 valence electrons. The van der Waals surface area contributed by atoms with E-state index in [-0.39, 0.29) is 11.3 Å². The summed E-state index contributed by atoms with van der Waals surface area (Å²) < 4.78 is 0.843. The third-order valence-electron chi connectivity index (χ3n) is 1.95. The molecule has 0 unspecified atom stereocenters. The number of hydrogen-bond donors (Lipinski definition) is 1. The number of nitrogens with zero attached hydrogens (tertiary/aromatic N) is 2. The normalized spacial score (nSPS) is 9.57. The zero-order chi connectivity index (χ0) is 10.1. The average molecular weight is 200 g/mol. The maximum absolute atomic E-state index is 9.42. The Morgan fingerprint density at radius 3 is 2.64 bits per heavy atom. The minimum Gasteiger partial charge on any atom is -0.507 e. The number of benzene rings is 1. The third-order valence-corrected chi connectivity index (χ3v) is 2.90. The third kappa shape index (κ3) is 1.02. The fourth-order valence-corrected chi connectivity index (χ4v) is 2.21. The molecule has 2 rings (SSSR count). The summed E-state index contributed by atoms with van der Waals surface area (Å²) in [4.78, 5) is 0. The molecule has 14 heavy (non-hydrogen) atoms. The summed E-state index contributed by atoms with van der Waals surface area (Å²) in [5.41, 5.74) is 0.623. The first-order valence-electron chi connectivity index (χ1n) is 3.81. The molecule has 0 aliphatic rings. The average Bonchev–Trinajstić information content (AvgIpc) is 2.61.